The highest BCUT2D eigenvalue weighted by Gasteiger charge is 2.23. The van der Waals surface area contributed by atoms with Gasteiger partial charge in [-0.1, -0.05) is 0 Å². The summed E-state index contributed by atoms with van der Waals surface area (Å²) in [6.45, 7) is 2.41. The van der Waals surface area contributed by atoms with Crippen LogP contribution in [0.4, 0.5) is 0 Å². The van der Waals surface area contributed by atoms with Gasteiger partial charge in [0, 0.05) is 24.7 Å². The molecule has 1 aromatic carbocycles. The van der Waals surface area contributed by atoms with Crippen molar-refractivity contribution in [2.75, 3.05) is 26.5 Å². The predicted molar refractivity (Wildman–Crippen MR) is 55.8 cm³/mol. The van der Waals surface area contributed by atoms with Crippen molar-refractivity contribution in [1.82, 2.24) is 5.32 Å². The fraction of sp³-hybridized carbons (Fsp3) is 0.455. The molecule has 0 aliphatic carbocycles. The molecule has 2 aliphatic rings. The second-order valence-electron chi connectivity index (χ2n) is 3.83. The third-order valence-electron chi connectivity index (χ3n) is 2.80. The Bertz CT molecular complexity index is 401. The number of phenolic OH excluding ortho intramolecular Hbond substituents is 1. The minimum atomic E-state index is -0.122. The molecule has 1 aromatic rings. The number of morpholine rings is 1. The van der Waals surface area contributed by atoms with Crippen molar-refractivity contribution in [2.24, 2.45) is 0 Å². The third-order valence-corrected chi connectivity index (χ3v) is 2.80. The lowest BCUT2D eigenvalue weighted by Crippen LogP contribution is -2.33. The van der Waals surface area contributed by atoms with Crippen LogP contribution in [0.15, 0.2) is 12.1 Å². The van der Waals surface area contributed by atoms with Gasteiger partial charge in [-0.25, -0.2) is 0 Å². The number of hydrogen-bond acceptors (Lipinski definition) is 5. The monoisotopic (exact) mass is 223 g/mol. The van der Waals surface area contributed by atoms with Gasteiger partial charge in [0.05, 0.1) is 12.7 Å². The number of rotatable bonds is 1. The fourth-order valence-electron chi connectivity index (χ4n) is 1.97. The Morgan fingerprint density at radius 2 is 2.06 bits per heavy atom. The standard InChI is InChI=1S/C11H13NO4/c13-8-4-10-9(15-6-16-10)3-7(8)11-5-12-1-2-14-11/h3-4,11-13H,1-2,5-6H2. The molecule has 2 N–H and O–H groups in total. The minimum absolute atomic E-state index is 0.122. The molecule has 2 aliphatic heterocycles. The highest BCUT2D eigenvalue weighted by molar-refractivity contribution is 5.52. The summed E-state index contributed by atoms with van der Waals surface area (Å²) in [5.74, 6) is 1.45. The normalized spacial score (nSPS) is 23.4. The maximum atomic E-state index is 9.88. The van der Waals surface area contributed by atoms with E-state index in [-0.39, 0.29) is 18.6 Å². The Hall–Kier alpha value is -1.46. The van der Waals surface area contributed by atoms with Gasteiger partial charge in [0.1, 0.15) is 5.75 Å². The van der Waals surface area contributed by atoms with Crippen molar-refractivity contribution in [3.8, 4) is 17.2 Å². The quantitative estimate of drug-likeness (QED) is 0.736. The van der Waals surface area contributed by atoms with Crippen molar-refractivity contribution >= 4 is 0 Å². The number of nitrogens with one attached hydrogen (secondary N) is 1. The van der Waals surface area contributed by atoms with E-state index in [2.05, 4.69) is 5.32 Å². The third kappa shape index (κ3) is 1.58. The summed E-state index contributed by atoms with van der Waals surface area (Å²) in [4.78, 5) is 0. The lowest BCUT2D eigenvalue weighted by atomic mass is 10.1. The summed E-state index contributed by atoms with van der Waals surface area (Å²) in [6, 6.07) is 3.37. The largest absolute Gasteiger partial charge is 0.507 e. The van der Waals surface area contributed by atoms with E-state index in [0.29, 0.717) is 24.7 Å². The van der Waals surface area contributed by atoms with E-state index >= 15 is 0 Å². The van der Waals surface area contributed by atoms with Gasteiger partial charge < -0.3 is 24.6 Å². The highest BCUT2D eigenvalue weighted by atomic mass is 16.7. The molecule has 1 atom stereocenters. The topological polar surface area (TPSA) is 60.0 Å². The SMILES string of the molecule is Oc1cc2c(cc1C1CNCCO1)OCO2. The number of fused-ring (bicyclic) bond motifs is 1. The Kier molecular flexibility index (Phi) is 2.34. The molecule has 0 aromatic heterocycles. The van der Waals surface area contributed by atoms with E-state index in [9.17, 15) is 5.11 Å². The Morgan fingerprint density at radius 3 is 2.81 bits per heavy atom. The number of benzene rings is 1. The second kappa shape index (κ2) is 3.84. The van der Waals surface area contributed by atoms with Crippen LogP contribution in [0.5, 0.6) is 17.2 Å². The second-order valence-corrected chi connectivity index (χ2v) is 3.83. The van der Waals surface area contributed by atoms with Crippen LogP contribution >= 0.6 is 0 Å². The van der Waals surface area contributed by atoms with Crippen molar-refractivity contribution < 1.29 is 19.3 Å². The van der Waals surface area contributed by atoms with E-state index in [4.69, 9.17) is 14.2 Å². The maximum absolute atomic E-state index is 9.88. The van der Waals surface area contributed by atoms with E-state index < -0.39 is 0 Å². The first-order valence-corrected chi connectivity index (χ1v) is 5.29. The molecule has 1 unspecified atom stereocenters. The average Bonchev–Trinajstić information content (AvgIpc) is 2.76. The molecule has 0 amide bonds. The fourth-order valence-corrected chi connectivity index (χ4v) is 1.97. The number of aromatic hydroxyl groups is 1. The van der Waals surface area contributed by atoms with E-state index in [1.54, 1.807) is 12.1 Å². The molecule has 0 saturated carbocycles. The van der Waals surface area contributed by atoms with Gasteiger partial charge in [-0.2, -0.15) is 0 Å². The van der Waals surface area contributed by atoms with Gasteiger partial charge in [0.25, 0.3) is 0 Å². The van der Waals surface area contributed by atoms with Crippen LogP contribution in [0.2, 0.25) is 0 Å². The van der Waals surface area contributed by atoms with Gasteiger partial charge >= 0.3 is 0 Å². The van der Waals surface area contributed by atoms with Crippen LogP contribution in [0.3, 0.4) is 0 Å². The van der Waals surface area contributed by atoms with Crippen LogP contribution < -0.4 is 14.8 Å². The van der Waals surface area contributed by atoms with Crippen LogP contribution in [0, 0.1) is 0 Å². The number of phenols is 1. The zero-order chi connectivity index (χ0) is 11.0. The molecular formula is C11H13NO4. The molecule has 3 rings (SSSR count). The zero-order valence-corrected chi connectivity index (χ0v) is 8.73. The molecule has 86 valence electrons. The molecule has 1 fully saturated rings. The molecule has 2 heterocycles. The van der Waals surface area contributed by atoms with Crippen molar-refractivity contribution in [2.45, 2.75) is 6.10 Å². The smallest absolute Gasteiger partial charge is 0.231 e. The molecule has 1 saturated heterocycles. The summed E-state index contributed by atoms with van der Waals surface area (Å²) in [7, 11) is 0. The predicted octanol–water partition coefficient (Wildman–Crippen LogP) is 0.782. The summed E-state index contributed by atoms with van der Waals surface area (Å²) >= 11 is 0. The average molecular weight is 223 g/mol. The summed E-state index contributed by atoms with van der Waals surface area (Å²) in [5, 5.41) is 13.1. The summed E-state index contributed by atoms with van der Waals surface area (Å²) in [5.41, 5.74) is 0.747. The van der Waals surface area contributed by atoms with Crippen LogP contribution in [0.1, 0.15) is 11.7 Å². The van der Waals surface area contributed by atoms with E-state index in [0.717, 1.165) is 12.1 Å². The van der Waals surface area contributed by atoms with Crippen molar-refractivity contribution in [1.29, 1.82) is 0 Å². The first kappa shape index (κ1) is 9.74. The Morgan fingerprint density at radius 1 is 1.25 bits per heavy atom. The molecular weight excluding hydrogens is 210 g/mol. The van der Waals surface area contributed by atoms with Crippen LogP contribution in [-0.4, -0.2) is 31.6 Å². The first-order chi connectivity index (χ1) is 7.84. The number of hydrogen-bond donors (Lipinski definition) is 2. The first-order valence-electron chi connectivity index (χ1n) is 5.29. The highest BCUT2D eigenvalue weighted by Crippen LogP contribution is 2.40. The molecule has 0 bridgehead atoms. The summed E-state index contributed by atoms with van der Waals surface area (Å²) < 4.78 is 16.0. The molecule has 0 spiro atoms. The summed E-state index contributed by atoms with van der Waals surface area (Å²) in [6.07, 6.45) is -0.122. The Balaban J connectivity index is 1.94. The molecule has 16 heavy (non-hydrogen) atoms. The van der Waals surface area contributed by atoms with Crippen LogP contribution in [-0.2, 0) is 4.74 Å². The number of ether oxygens (including phenoxy) is 3. The van der Waals surface area contributed by atoms with Crippen LogP contribution in [0.25, 0.3) is 0 Å². The van der Waals surface area contributed by atoms with Gasteiger partial charge in [0.15, 0.2) is 11.5 Å². The minimum Gasteiger partial charge on any atom is -0.507 e. The van der Waals surface area contributed by atoms with E-state index in [1.165, 1.54) is 0 Å². The molecule has 5 nitrogen and oxygen atoms in total. The lowest BCUT2D eigenvalue weighted by Gasteiger charge is -2.24. The maximum Gasteiger partial charge on any atom is 0.231 e. The Labute approximate surface area is 92.9 Å². The van der Waals surface area contributed by atoms with Crippen molar-refractivity contribution in [3.63, 3.8) is 0 Å². The van der Waals surface area contributed by atoms with E-state index in [1.807, 2.05) is 0 Å². The van der Waals surface area contributed by atoms with Gasteiger partial charge in [-0.3, -0.25) is 0 Å². The van der Waals surface area contributed by atoms with Gasteiger partial charge in [-0.05, 0) is 6.07 Å². The van der Waals surface area contributed by atoms with Gasteiger partial charge in [0.2, 0.25) is 6.79 Å². The lowest BCUT2D eigenvalue weighted by molar-refractivity contribution is 0.0262. The molecule has 5 heteroatoms. The zero-order valence-electron chi connectivity index (χ0n) is 8.73. The van der Waals surface area contributed by atoms with Crippen molar-refractivity contribution in [3.05, 3.63) is 17.7 Å². The van der Waals surface area contributed by atoms with Gasteiger partial charge in [-0.15, -0.1) is 0 Å². The molecule has 0 radical (unpaired) electrons.